The highest BCUT2D eigenvalue weighted by molar-refractivity contribution is 5.79. The summed E-state index contributed by atoms with van der Waals surface area (Å²) in [5.74, 6) is 2.26. The molecule has 1 aliphatic heterocycles. The first kappa shape index (κ1) is 22.8. The second-order valence-electron chi connectivity index (χ2n) is 8.94. The van der Waals surface area contributed by atoms with Gasteiger partial charge in [-0.05, 0) is 65.2 Å². The molecule has 1 N–H and O–H groups in total. The van der Waals surface area contributed by atoms with Crippen LogP contribution in [0.25, 0.3) is 0 Å². The van der Waals surface area contributed by atoms with Gasteiger partial charge in [0.15, 0.2) is 5.96 Å². The van der Waals surface area contributed by atoms with Crippen molar-refractivity contribution in [2.75, 3.05) is 53.0 Å². The third kappa shape index (κ3) is 8.25. The molecule has 0 aromatic heterocycles. The Kier molecular flexibility index (Phi) is 8.86. The van der Waals surface area contributed by atoms with Crippen LogP contribution in [0.3, 0.4) is 0 Å². The topological polar surface area (TPSA) is 66.4 Å². The number of carbonyl (C=O) groups is 1. The van der Waals surface area contributed by atoms with E-state index in [4.69, 9.17) is 9.47 Å². The molecule has 0 bridgehead atoms. The van der Waals surface area contributed by atoms with Gasteiger partial charge in [-0.15, -0.1) is 0 Å². The molecule has 162 valence electrons. The Labute approximate surface area is 170 Å². The number of carbonyl (C=O) groups excluding carboxylic acids is 1. The van der Waals surface area contributed by atoms with Crippen LogP contribution in [0.4, 0.5) is 4.79 Å². The van der Waals surface area contributed by atoms with Gasteiger partial charge < -0.3 is 24.6 Å². The Morgan fingerprint density at radius 3 is 2.39 bits per heavy atom. The van der Waals surface area contributed by atoms with Gasteiger partial charge in [-0.3, -0.25) is 4.99 Å². The summed E-state index contributed by atoms with van der Waals surface area (Å²) in [5.41, 5.74) is -0.450. The summed E-state index contributed by atoms with van der Waals surface area (Å²) < 4.78 is 11.2. The molecule has 2 fully saturated rings. The fourth-order valence-corrected chi connectivity index (χ4v) is 3.40. The lowest BCUT2D eigenvalue weighted by Crippen LogP contribution is -2.48. The molecule has 7 nitrogen and oxygen atoms in total. The van der Waals surface area contributed by atoms with Gasteiger partial charge in [0.05, 0.1) is 6.61 Å². The van der Waals surface area contributed by atoms with E-state index in [9.17, 15) is 4.79 Å². The molecule has 0 unspecified atom stereocenters. The summed E-state index contributed by atoms with van der Waals surface area (Å²) in [6.45, 7) is 13.5. The quantitative estimate of drug-likeness (QED) is 0.388. The zero-order valence-electron chi connectivity index (χ0n) is 18.5. The van der Waals surface area contributed by atoms with E-state index in [1.807, 2.05) is 39.6 Å². The molecule has 0 atom stereocenters. The van der Waals surface area contributed by atoms with Crippen LogP contribution in [0.2, 0.25) is 0 Å². The first-order valence-corrected chi connectivity index (χ1v) is 10.8. The average Bonchev–Trinajstić information content (AvgIpc) is 3.46. The highest BCUT2D eigenvalue weighted by atomic mass is 16.6. The van der Waals surface area contributed by atoms with Gasteiger partial charge in [-0.2, -0.15) is 0 Å². The molecular formula is C21H40N4O3. The second-order valence-corrected chi connectivity index (χ2v) is 8.94. The normalized spacial score (nSPS) is 18.9. The van der Waals surface area contributed by atoms with Gasteiger partial charge in [0, 0.05) is 46.4 Å². The minimum atomic E-state index is -0.450. The van der Waals surface area contributed by atoms with Crippen LogP contribution in [-0.2, 0) is 9.47 Å². The minimum Gasteiger partial charge on any atom is -0.444 e. The molecule has 1 heterocycles. The fourth-order valence-electron chi connectivity index (χ4n) is 3.40. The van der Waals surface area contributed by atoms with Crippen molar-refractivity contribution < 1.29 is 14.3 Å². The number of likely N-dealkylation sites (tertiary alicyclic amines) is 1. The molecule has 1 aliphatic carbocycles. The smallest absolute Gasteiger partial charge is 0.410 e. The minimum absolute atomic E-state index is 0.207. The predicted molar refractivity (Wildman–Crippen MR) is 113 cm³/mol. The third-order valence-electron chi connectivity index (χ3n) is 5.22. The van der Waals surface area contributed by atoms with Crippen LogP contribution < -0.4 is 5.32 Å². The number of rotatable bonds is 8. The van der Waals surface area contributed by atoms with Crippen LogP contribution in [0.15, 0.2) is 4.99 Å². The number of hydrogen-bond acceptors (Lipinski definition) is 4. The molecule has 28 heavy (non-hydrogen) atoms. The summed E-state index contributed by atoms with van der Waals surface area (Å²) in [6, 6.07) is 0. The zero-order valence-corrected chi connectivity index (χ0v) is 18.5. The van der Waals surface area contributed by atoms with Gasteiger partial charge in [0.1, 0.15) is 5.60 Å². The summed E-state index contributed by atoms with van der Waals surface area (Å²) in [6.07, 6.45) is 4.55. The van der Waals surface area contributed by atoms with E-state index in [1.54, 1.807) is 0 Å². The monoisotopic (exact) mass is 396 g/mol. The van der Waals surface area contributed by atoms with Crippen LogP contribution in [0.5, 0.6) is 0 Å². The molecule has 0 aromatic carbocycles. The Morgan fingerprint density at radius 2 is 1.86 bits per heavy atom. The summed E-state index contributed by atoms with van der Waals surface area (Å²) >= 11 is 0. The lowest BCUT2D eigenvalue weighted by molar-refractivity contribution is 0.0214. The molecule has 2 aliphatic rings. The first-order chi connectivity index (χ1) is 13.3. The summed E-state index contributed by atoms with van der Waals surface area (Å²) in [4.78, 5) is 20.9. The molecule has 0 spiro atoms. The number of aliphatic imine (C=N–C) groups is 1. The molecule has 2 rings (SSSR count). The number of guanidine groups is 1. The van der Waals surface area contributed by atoms with Crippen LogP contribution in [0, 0.1) is 11.8 Å². The molecular weight excluding hydrogens is 356 g/mol. The number of hydrogen-bond donors (Lipinski definition) is 1. The average molecular weight is 397 g/mol. The Balaban J connectivity index is 1.68. The van der Waals surface area contributed by atoms with Crippen molar-refractivity contribution in [1.82, 2.24) is 15.1 Å². The van der Waals surface area contributed by atoms with Gasteiger partial charge in [0.25, 0.3) is 0 Å². The maximum Gasteiger partial charge on any atom is 0.410 e. The van der Waals surface area contributed by atoms with E-state index in [0.717, 1.165) is 64.1 Å². The molecule has 0 radical (unpaired) electrons. The second kappa shape index (κ2) is 10.9. The summed E-state index contributed by atoms with van der Waals surface area (Å²) in [5, 5.41) is 3.41. The Hall–Kier alpha value is -1.50. The Morgan fingerprint density at radius 1 is 1.18 bits per heavy atom. The number of amides is 1. The van der Waals surface area contributed by atoms with Crippen molar-refractivity contribution in [2.24, 2.45) is 16.8 Å². The first-order valence-electron chi connectivity index (χ1n) is 10.8. The van der Waals surface area contributed by atoms with E-state index in [2.05, 4.69) is 15.2 Å². The maximum atomic E-state index is 12.4. The number of nitrogens with one attached hydrogen (secondary N) is 1. The van der Waals surface area contributed by atoms with Crippen molar-refractivity contribution in [3.63, 3.8) is 0 Å². The predicted octanol–water partition coefficient (Wildman–Crippen LogP) is 2.96. The maximum absolute atomic E-state index is 12.4. The third-order valence-corrected chi connectivity index (χ3v) is 5.22. The van der Waals surface area contributed by atoms with Crippen LogP contribution in [-0.4, -0.2) is 80.4 Å². The van der Waals surface area contributed by atoms with Gasteiger partial charge in [-0.1, -0.05) is 0 Å². The zero-order chi connectivity index (χ0) is 20.6. The number of piperidine rings is 1. The number of nitrogens with zero attached hydrogens (tertiary/aromatic N) is 3. The van der Waals surface area contributed by atoms with Crippen molar-refractivity contribution in [3.05, 3.63) is 0 Å². The Bertz CT molecular complexity index is 506. The lowest BCUT2D eigenvalue weighted by atomic mass is 9.96. The van der Waals surface area contributed by atoms with E-state index in [0.29, 0.717) is 12.5 Å². The standard InChI is InChI=1S/C21H40N4O3/c1-6-24(20(26)28-21(2,3)4)15-17-9-12-25(13-10-17)19(22-5)23-11-14-27-16-18-7-8-18/h17-18H,6-16H2,1-5H3,(H,22,23). The highest BCUT2D eigenvalue weighted by Gasteiger charge is 2.27. The van der Waals surface area contributed by atoms with Crippen molar-refractivity contribution in [3.8, 4) is 0 Å². The molecule has 1 saturated heterocycles. The number of ether oxygens (including phenoxy) is 2. The summed E-state index contributed by atoms with van der Waals surface area (Å²) in [7, 11) is 1.83. The highest BCUT2D eigenvalue weighted by Crippen LogP contribution is 2.28. The SMILES string of the molecule is CCN(CC1CCN(C(=NC)NCCOCC2CC2)CC1)C(=O)OC(C)(C)C. The van der Waals surface area contributed by atoms with E-state index >= 15 is 0 Å². The largest absolute Gasteiger partial charge is 0.444 e. The van der Waals surface area contributed by atoms with Crippen LogP contribution >= 0.6 is 0 Å². The van der Waals surface area contributed by atoms with Crippen molar-refractivity contribution >= 4 is 12.1 Å². The molecule has 1 amide bonds. The van der Waals surface area contributed by atoms with Crippen LogP contribution in [0.1, 0.15) is 53.4 Å². The fraction of sp³-hybridized carbons (Fsp3) is 0.905. The van der Waals surface area contributed by atoms with Crippen molar-refractivity contribution in [1.29, 1.82) is 0 Å². The van der Waals surface area contributed by atoms with E-state index < -0.39 is 5.60 Å². The van der Waals surface area contributed by atoms with Gasteiger partial charge >= 0.3 is 6.09 Å². The lowest BCUT2D eigenvalue weighted by Gasteiger charge is -2.36. The molecule has 7 heteroatoms. The molecule has 1 saturated carbocycles. The molecule has 0 aromatic rings. The van der Waals surface area contributed by atoms with E-state index in [1.165, 1.54) is 12.8 Å². The van der Waals surface area contributed by atoms with Gasteiger partial charge in [0.2, 0.25) is 0 Å². The van der Waals surface area contributed by atoms with E-state index in [-0.39, 0.29) is 6.09 Å². The van der Waals surface area contributed by atoms with Crippen molar-refractivity contribution in [2.45, 2.75) is 59.0 Å². The van der Waals surface area contributed by atoms with Gasteiger partial charge in [-0.25, -0.2) is 4.79 Å².